The number of carbonyl (C=O) groups is 2. The molecule has 1 fully saturated rings. The molecule has 3 rings (SSSR count). The Balaban J connectivity index is 1.56. The Hall–Kier alpha value is -3.02. The van der Waals surface area contributed by atoms with E-state index in [1.165, 1.54) is 23.8 Å². The summed E-state index contributed by atoms with van der Waals surface area (Å²) in [6.45, 7) is 7.55. The van der Waals surface area contributed by atoms with E-state index < -0.39 is 0 Å². The summed E-state index contributed by atoms with van der Waals surface area (Å²) in [6.07, 6.45) is 1.31. The second-order valence-electron chi connectivity index (χ2n) is 8.61. The summed E-state index contributed by atoms with van der Waals surface area (Å²) >= 11 is 0. The molecule has 154 valence electrons. The summed E-state index contributed by atoms with van der Waals surface area (Å²) in [6, 6.07) is 11.5. The molecule has 2 aromatic rings. The zero-order valence-corrected chi connectivity index (χ0v) is 17.1. The van der Waals surface area contributed by atoms with Crippen molar-refractivity contribution in [2.45, 2.75) is 45.1 Å². The predicted molar refractivity (Wildman–Crippen MR) is 111 cm³/mol. The minimum Gasteiger partial charge on any atom is -0.508 e. The molecule has 1 saturated heterocycles. The first kappa shape index (κ1) is 20.7. The smallest absolute Gasteiger partial charge is 0.253 e. The summed E-state index contributed by atoms with van der Waals surface area (Å²) < 4.78 is 0. The monoisotopic (exact) mass is 396 g/mol. The highest BCUT2D eigenvalue weighted by Crippen LogP contribution is 2.24. The number of hydrogen-bond acceptors (Lipinski definition) is 4. The van der Waals surface area contributed by atoms with Gasteiger partial charge in [0.2, 0.25) is 0 Å². The predicted octanol–water partition coefficient (Wildman–Crippen LogP) is 3.43. The Morgan fingerprint density at radius 1 is 0.931 bits per heavy atom. The van der Waals surface area contributed by atoms with Gasteiger partial charge in [-0.05, 0) is 48.1 Å². The molecule has 1 aliphatic heterocycles. The molecule has 0 radical (unpaired) electrons. The maximum Gasteiger partial charge on any atom is 0.253 e. The maximum atomic E-state index is 12.8. The van der Waals surface area contributed by atoms with Crippen molar-refractivity contribution >= 4 is 11.8 Å². The quantitative estimate of drug-likeness (QED) is 0.741. The lowest BCUT2D eigenvalue weighted by atomic mass is 9.86. The van der Waals surface area contributed by atoms with E-state index in [9.17, 15) is 19.8 Å². The van der Waals surface area contributed by atoms with Crippen molar-refractivity contribution in [3.8, 4) is 11.5 Å². The van der Waals surface area contributed by atoms with Gasteiger partial charge in [0.1, 0.15) is 11.5 Å². The fourth-order valence-electron chi connectivity index (χ4n) is 3.52. The molecule has 6 heteroatoms. The first-order chi connectivity index (χ1) is 13.6. The number of aromatic hydroxyl groups is 2. The number of piperidine rings is 1. The number of phenols is 2. The van der Waals surface area contributed by atoms with E-state index in [1.54, 1.807) is 0 Å². The molecule has 0 bridgehead atoms. The third kappa shape index (κ3) is 5.08. The van der Waals surface area contributed by atoms with Crippen LogP contribution in [0.2, 0.25) is 0 Å². The Bertz CT molecular complexity index is 872. The highest BCUT2D eigenvalue weighted by atomic mass is 16.3. The summed E-state index contributed by atoms with van der Waals surface area (Å²) in [5.74, 6) is -0.659. The number of hydrogen-bond donors (Lipinski definition) is 3. The average Bonchev–Trinajstić information content (AvgIpc) is 2.66. The molecule has 2 aromatic carbocycles. The Kier molecular flexibility index (Phi) is 5.82. The molecule has 0 unspecified atom stereocenters. The van der Waals surface area contributed by atoms with Gasteiger partial charge >= 0.3 is 0 Å². The molecule has 2 amide bonds. The van der Waals surface area contributed by atoms with Crippen LogP contribution >= 0.6 is 0 Å². The maximum absolute atomic E-state index is 12.8. The van der Waals surface area contributed by atoms with Crippen LogP contribution < -0.4 is 5.32 Å². The first-order valence-corrected chi connectivity index (χ1v) is 9.87. The van der Waals surface area contributed by atoms with Crippen LogP contribution in [0.25, 0.3) is 0 Å². The van der Waals surface area contributed by atoms with E-state index in [-0.39, 0.29) is 40.3 Å². The molecule has 0 spiro atoms. The normalized spacial score (nSPS) is 15.2. The number of carbonyl (C=O) groups excluding carboxylic acids is 2. The van der Waals surface area contributed by atoms with E-state index in [4.69, 9.17) is 0 Å². The topological polar surface area (TPSA) is 89.9 Å². The summed E-state index contributed by atoms with van der Waals surface area (Å²) in [5, 5.41) is 22.0. The van der Waals surface area contributed by atoms with Gasteiger partial charge in [-0.1, -0.05) is 32.9 Å². The van der Waals surface area contributed by atoms with Crippen LogP contribution in [0, 0.1) is 0 Å². The fraction of sp³-hybridized carbons (Fsp3) is 0.391. The van der Waals surface area contributed by atoms with Crippen molar-refractivity contribution in [3.63, 3.8) is 0 Å². The van der Waals surface area contributed by atoms with Gasteiger partial charge in [-0.25, -0.2) is 0 Å². The molecule has 0 aromatic heterocycles. The van der Waals surface area contributed by atoms with Gasteiger partial charge in [0.05, 0.1) is 0 Å². The molecule has 0 saturated carbocycles. The van der Waals surface area contributed by atoms with Crippen LogP contribution in [-0.2, 0) is 5.41 Å². The number of benzene rings is 2. The fourth-order valence-corrected chi connectivity index (χ4v) is 3.52. The number of amides is 2. The van der Waals surface area contributed by atoms with Crippen LogP contribution in [-0.4, -0.2) is 46.1 Å². The van der Waals surface area contributed by atoms with E-state index in [1.807, 2.05) is 29.2 Å². The van der Waals surface area contributed by atoms with Gasteiger partial charge in [0.15, 0.2) is 0 Å². The second kappa shape index (κ2) is 8.15. The largest absolute Gasteiger partial charge is 0.508 e. The first-order valence-electron chi connectivity index (χ1n) is 9.87. The molecule has 6 nitrogen and oxygen atoms in total. The van der Waals surface area contributed by atoms with Crippen molar-refractivity contribution in [2.24, 2.45) is 0 Å². The lowest BCUT2D eigenvalue weighted by Gasteiger charge is -2.32. The van der Waals surface area contributed by atoms with Crippen LogP contribution in [0.5, 0.6) is 11.5 Å². The molecule has 29 heavy (non-hydrogen) atoms. The lowest BCUT2D eigenvalue weighted by molar-refractivity contribution is 0.0698. The van der Waals surface area contributed by atoms with Gasteiger partial charge in [-0.2, -0.15) is 0 Å². The van der Waals surface area contributed by atoms with Crippen molar-refractivity contribution in [1.82, 2.24) is 10.2 Å². The summed E-state index contributed by atoms with van der Waals surface area (Å²) in [4.78, 5) is 26.9. The lowest BCUT2D eigenvalue weighted by Crippen LogP contribution is -2.46. The third-order valence-electron chi connectivity index (χ3n) is 5.28. The minimum atomic E-state index is -0.348. The van der Waals surface area contributed by atoms with Crippen LogP contribution in [0.3, 0.4) is 0 Å². The van der Waals surface area contributed by atoms with E-state index >= 15 is 0 Å². The van der Waals surface area contributed by atoms with Crippen molar-refractivity contribution in [3.05, 3.63) is 59.2 Å². The summed E-state index contributed by atoms with van der Waals surface area (Å²) in [7, 11) is 0. The molecule has 1 heterocycles. The van der Waals surface area contributed by atoms with Crippen molar-refractivity contribution in [1.29, 1.82) is 0 Å². The van der Waals surface area contributed by atoms with Crippen molar-refractivity contribution in [2.75, 3.05) is 13.1 Å². The molecule has 0 atom stereocenters. The van der Waals surface area contributed by atoms with E-state index in [0.29, 0.717) is 31.5 Å². The number of likely N-dealkylation sites (tertiary alicyclic amines) is 1. The molecular weight excluding hydrogens is 368 g/mol. The van der Waals surface area contributed by atoms with Gasteiger partial charge in [0, 0.05) is 36.3 Å². The van der Waals surface area contributed by atoms with Crippen LogP contribution in [0.1, 0.15) is 59.9 Å². The Morgan fingerprint density at radius 3 is 2.00 bits per heavy atom. The van der Waals surface area contributed by atoms with Gasteiger partial charge in [-0.3, -0.25) is 9.59 Å². The van der Waals surface area contributed by atoms with Gasteiger partial charge < -0.3 is 20.4 Å². The molecule has 1 aliphatic rings. The number of nitrogens with one attached hydrogen (secondary N) is 1. The standard InChI is InChI=1S/C23H28N2O4/c1-23(2,3)17-6-4-15(5-7-17)22(29)25-10-8-18(9-11-25)24-21(28)16-12-19(26)14-20(27)13-16/h4-7,12-14,18,26-27H,8-11H2,1-3H3,(H,24,28). The highest BCUT2D eigenvalue weighted by molar-refractivity contribution is 5.95. The third-order valence-corrected chi connectivity index (χ3v) is 5.28. The highest BCUT2D eigenvalue weighted by Gasteiger charge is 2.25. The van der Waals surface area contributed by atoms with E-state index in [0.717, 1.165) is 0 Å². The number of nitrogens with zero attached hydrogens (tertiary/aromatic N) is 1. The van der Waals surface area contributed by atoms with E-state index in [2.05, 4.69) is 26.1 Å². The zero-order chi connectivity index (χ0) is 21.2. The molecule has 0 aliphatic carbocycles. The van der Waals surface area contributed by atoms with Gasteiger partial charge in [-0.15, -0.1) is 0 Å². The average molecular weight is 396 g/mol. The minimum absolute atomic E-state index is 0.00754. The van der Waals surface area contributed by atoms with Crippen LogP contribution in [0.15, 0.2) is 42.5 Å². The molecular formula is C23H28N2O4. The zero-order valence-electron chi connectivity index (χ0n) is 17.1. The molecule has 3 N–H and O–H groups in total. The van der Waals surface area contributed by atoms with Crippen LogP contribution in [0.4, 0.5) is 0 Å². The Morgan fingerprint density at radius 2 is 1.48 bits per heavy atom. The van der Waals surface area contributed by atoms with Gasteiger partial charge in [0.25, 0.3) is 11.8 Å². The number of rotatable bonds is 3. The second-order valence-corrected chi connectivity index (χ2v) is 8.61. The SMILES string of the molecule is CC(C)(C)c1ccc(C(=O)N2CCC(NC(=O)c3cc(O)cc(O)c3)CC2)cc1. The van der Waals surface area contributed by atoms with Crippen molar-refractivity contribution < 1.29 is 19.8 Å². The Labute approximate surface area is 171 Å². The number of phenolic OH excluding ortho intramolecular Hbond substituents is 2. The summed E-state index contributed by atoms with van der Waals surface area (Å²) in [5.41, 5.74) is 2.12.